The van der Waals surface area contributed by atoms with Gasteiger partial charge in [0.25, 0.3) is 0 Å². The van der Waals surface area contributed by atoms with E-state index in [1.54, 1.807) is 13.8 Å². The molecular weight excluding hydrogens is 1650 g/mol. The first kappa shape index (κ1) is 94.1. The van der Waals surface area contributed by atoms with Gasteiger partial charge >= 0.3 is 13.6 Å². The number of carbonyl (C=O) groups excluding carboxylic acids is 7. The number of likely N-dealkylation sites (N-methyl/N-ethyl adjacent to an activating group) is 1. The largest absolute Gasteiger partial charge is 0.507 e. The van der Waals surface area contributed by atoms with Crippen molar-refractivity contribution in [1.82, 2.24) is 53.2 Å². The van der Waals surface area contributed by atoms with E-state index in [0.29, 0.717) is 13.1 Å². The van der Waals surface area contributed by atoms with Crippen molar-refractivity contribution in [3.63, 3.8) is 0 Å². The zero-order chi connectivity index (χ0) is 88.2. The maximum Gasteiger partial charge on any atom is 0.339 e. The third-order valence-electron chi connectivity index (χ3n) is 21.7. The average Bonchev–Trinajstić information content (AvgIpc) is 0.839. The minimum Gasteiger partial charge on any atom is -0.507 e. The minimum atomic E-state index is -4.85. The van der Waals surface area contributed by atoms with Gasteiger partial charge < -0.3 is 148 Å². The summed E-state index contributed by atoms with van der Waals surface area (Å²) in [5.74, 6) is -17.1. The van der Waals surface area contributed by atoms with Gasteiger partial charge in [0.05, 0.1) is 53.2 Å². The van der Waals surface area contributed by atoms with Gasteiger partial charge in [-0.3, -0.25) is 38.1 Å². The lowest BCUT2D eigenvalue weighted by Gasteiger charge is -2.48. The molecule has 0 spiro atoms. The van der Waals surface area contributed by atoms with E-state index in [9.17, 15) is 79.8 Å². The second-order valence-electron chi connectivity index (χ2n) is 31.3. The predicted molar refractivity (Wildman–Crippen MR) is 432 cm³/mol. The zero-order valence-electron chi connectivity index (χ0n) is 67.1. The van der Waals surface area contributed by atoms with Gasteiger partial charge in [0, 0.05) is 48.3 Å². The van der Waals surface area contributed by atoms with Crippen LogP contribution in [0.15, 0.2) is 72.8 Å². The van der Waals surface area contributed by atoms with Crippen molar-refractivity contribution in [2.24, 2.45) is 11.7 Å². The van der Waals surface area contributed by atoms with Gasteiger partial charge in [-0.1, -0.05) is 107 Å². The molecule has 7 amide bonds. The van der Waals surface area contributed by atoms with Crippen LogP contribution < -0.4 is 73.1 Å². The Hall–Kier alpha value is -9.13. The maximum absolute atomic E-state index is 16.3. The number of fused-ring (bicyclic) bond motifs is 15. The lowest BCUT2D eigenvalue weighted by atomic mass is 9.85. The summed E-state index contributed by atoms with van der Waals surface area (Å²) in [7, 11) is -3.38. The monoisotopic (exact) mass is 1750 g/mol. The summed E-state index contributed by atoms with van der Waals surface area (Å²) in [5.41, 5.74) is 0.545. The number of benzene rings is 5. The van der Waals surface area contributed by atoms with Crippen LogP contribution in [0.5, 0.6) is 46.0 Å². The number of carbonyl (C=O) groups is 8. The van der Waals surface area contributed by atoms with Crippen LogP contribution >= 0.6 is 30.8 Å². The van der Waals surface area contributed by atoms with Crippen LogP contribution in [-0.2, 0) is 63.7 Å². The number of rotatable bonds is 30. The Labute approximate surface area is 705 Å². The molecule has 18 atom stereocenters. The molecule has 12 rings (SSSR count). The molecule has 5 aromatic carbocycles. The highest BCUT2D eigenvalue weighted by atomic mass is 35.5. The molecule has 0 aliphatic carbocycles. The van der Waals surface area contributed by atoms with Gasteiger partial charge in [0.15, 0.2) is 29.9 Å². The van der Waals surface area contributed by atoms with E-state index in [1.165, 1.54) is 51.3 Å². The van der Waals surface area contributed by atoms with Crippen LogP contribution in [-0.4, -0.2) is 227 Å². The standard InChI is InChI=1S/C80H106Cl2N11O27P/c1-7-8-9-10-11-12-13-14-21-85-22-23-87-80(5)32-57(115-37(4)71(80)103)119-70-68(102)67(101)55(34-94)118-79(70)120-69-53-28-41-29-54(69)117-52-20-17-40(27-46(52)82)65(99)63-77(109)91-61(78(110)111)43-30-50(96)44(33-86-35-121(112,113)114)66(100)58(43)42-25-38(15-18-49(42)95)59(74(106)93-63)90-75(107)60(41)89-73(105)48(31-56(83)97)88-76(108)62(92-72(104)47(84-6)24-36(2)3)64(98)39-16-19-51(116-53)45(81)26-39/h15-20,25-30,36-37,47-48,55,57,59-65,67-68,70-71,79,84-87,94-96,98-103H,7-14,21-24,31-35H2,1-6H3,(H2,83,97)(H,88,108)(H,89,105)(H,90,107)(H,91,109)(H,92,104)(H,93,106)(H,110,111)(H2,112,113,114)/t37-,47+,48-,55+,57-,59+,60+,61-,62?,63?,64+,65+,67+,68-,70+,71+,79-,80-/m0/s1. The molecule has 0 saturated carbocycles. The molecule has 7 heterocycles. The van der Waals surface area contributed by atoms with Gasteiger partial charge in [-0.25, -0.2) is 4.79 Å². The fourth-order valence-corrected chi connectivity index (χ4v) is 16.0. The molecule has 41 heteroatoms. The quantitative estimate of drug-likeness (QED) is 0.0232. The predicted octanol–water partition coefficient (Wildman–Crippen LogP) is 2.69. The van der Waals surface area contributed by atoms with Crippen molar-refractivity contribution in [1.29, 1.82) is 0 Å². The summed E-state index contributed by atoms with van der Waals surface area (Å²) in [6.07, 6.45) is -10.6. The van der Waals surface area contributed by atoms with Crippen LogP contribution in [0.4, 0.5) is 0 Å². The number of nitrogens with two attached hydrogens (primary N) is 1. The van der Waals surface area contributed by atoms with Crippen LogP contribution in [0.2, 0.25) is 10.0 Å². The Kier molecular flexibility index (Phi) is 32.2. The third-order valence-corrected chi connectivity index (χ3v) is 22.9. The summed E-state index contributed by atoms with van der Waals surface area (Å²) in [6.45, 7) is 8.98. The van der Waals surface area contributed by atoms with Gasteiger partial charge in [-0.05, 0) is 123 Å². The molecule has 11 bridgehead atoms. The number of phenolic OH excluding ortho intramolecular Hbond substituents is 3. The van der Waals surface area contributed by atoms with E-state index in [2.05, 4.69) is 60.1 Å². The first-order valence-corrected chi connectivity index (χ1v) is 42.3. The number of ether oxygens (including phenoxy) is 6. The van der Waals surface area contributed by atoms with Gasteiger partial charge in [-0.2, -0.15) is 0 Å². The molecule has 7 aliphatic heterocycles. The Morgan fingerprint density at radius 1 is 0.694 bits per heavy atom. The summed E-state index contributed by atoms with van der Waals surface area (Å²) in [6, 6.07) is -2.39. The fourth-order valence-electron chi connectivity index (χ4n) is 15.2. The average molecular weight is 1760 g/mol. The molecular formula is C80H106Cl2N11O27P. The van der Waals surface area contributed by atoms with Crippen LogP contribution in [0.3, 0.4) is 0 Å². The Balaban J connectivity index is 1.17. The number of halogens is 2. The highest BCUT2D eigenvalue weighted by molar-refractivity contribution is 7.51. The summed E-state index contributed by atoms with van der Waals surface area (Å²) >= 11 is 14.3. The van der Waals surface area contributed by atoms with E-state index in [0.717, 1.165) is 86.5 Å². The van der Waals surface area contributed by atoms with Crippen molar-refractivity contribution in [2.75, 3.05) is 39.6 Å². The lowest BCUT2D eigenvalue weighted by molar-refractivity contribution is -0.334. The topological polar surface area (TPSA) is 598 Å². The van der Waals surface area contributed by atoms with Crippen molar-refractivity contribution >= 4 is 78.1 Å². The number of carboxylic acids is 1. The van der Waals surface area contributed by atoms with Crippen LogP contribution in [0, 0.1) is 5.92 Å². The number of aromatic hydroxyl groups is 3. The van der Waals surface area contributed by atoms with Gasteiger partial charge in [0.2, 0.25) is 53.4 Å². The number of aliphatic hydroxyl groups excluding tert-OH is 6. The number of primary amides is 1. The second kappa shape index (κ2) is 41.4. The normalized spacial score (nSPS) is 26.7. The molecule has 2 fully saturated rings. The number of carboxylic acid groups (broad SMARTS) is 1. The SMILES string of the molecule is CCCCCCCCCCNCCN[C@@]1(C)C[C@H](O[C@H]2[C@H](Oc3c4cc5cc3Oc3ccc(cc3Cl)[C@@H](O)C3NC(=O)[C@H](NC(=O)[C@@H]5NC(=O)[C@H](CC(N)=O)NC(=O)C(NC(=O)[C@@H](CC(C)C)NC)[C@H](O)c5ccc(c(Cl)c5)O4)c4ccc(O)c(c4)-c4c(cc(O)c(CNCP(=O)(O)O)c4O)[C@@H](C(=O)O)NC3=O)O[C@H](CO)[C@@H](O)[C@@H]2O)O[C@@H](C)[C@H]1O. The number of hydrogen-bond acceptors (Lipinski definition) is 28. The number of aliphatic carboxylic acids is 1. The third kappa shape index (κ3) is 23.0. The highest BCUT2D eigenvalue weighted by Gasteiger charge is 2.52. The smallest absolute Gasteiger partial charge is 0.339 e. The van der Waals surface area contributed by atoms with Gasteiger partial charge in [-0.15, -0.1) is 0 Å². The van der Waals surface area contributed by atoms with E-state index in [-0.39, 0.29) is 40.7 Å². The van der Waals surface area contributed by atoms with E-state index in [4.69, 9.17) is 57.4 Å². The molecule has 2 saturated heterocycles. The minimum absolute atomic E-state index is 0.123. The lowest BCUT2D eigenvalue weighted by Crippen LogP contribution is -2.65. The van der Waals surface area contributed by atoms with Crippen LogP contribution in [0.25, 0.3) is 11.1 Å². The molecule has 7 aliphatic rings. The Bertz CT molecular complexity index is 4650. The van der Waals surface area contributed by atoms with Crippen molar-refractivity contribution in [3.05, 3.63) is 116 Å². The van der Waals surface area contributed by atoms with E-state index < -0.39 is 269 Å². The first-order valence-electron chi connectivity index (χ1n) is 39.7. The zero-order valence-corrected chi connectivity index (χ0v) is 69.5. The molecule has 662 valence electrons. The van der Waals surface area contributed by atoms with Gasteiger partial charge in [0.1, 0.15) is 89.5 Å². The first-order chi connectivity index (χ1) is 57.3. The molecule has 0 aromatic heterocycles. The fraction of sp³-hybridized carbons (Fsp3) is 0.525. The summed E-state index contributed by atoms with van der Waals surface area (Å²) in [5, 5.41) is 144. The summed E-state index contributed by atoms with van der Waals surface area (Å²) < 4.78 is 51.4. The molecule has 0 radical (unpaired) electrons. The van der Waals surface area contributed by atoms with Crippen molar-refractivity contribution in [2.45, 2.75) is 221 Å². The number of unbranched alkanes of at least 4 members (excludes halogenated alkanes) is 7. The maximum atomic E-state index is 16.3. The Morgan fingerprint density at radius 3 is 1.91 bits per heavy atom. The highest BCUT2D eigenvalue weighted by Crippen LogP contribution is 2.51. The molecule has 5 aromatic rings. The van der Waals surface area contributed by atoms with E-state index >= 15 is 24.0 Å². The van der Waals surface area contributed by atoms with Crippen molar-refractivity contribution < 1.29 is 132 Å². The molecule has 24 N–H and O–H groups in total. The number of aliphatic hydroxyl groups is 6. The molecule has 121 heavy (non-hydrogen) atoms. The summed E-state index contributed by atoms with van der Waals surface area (Å²) in [4.78, 5) is 138. The second-order valence-corrected chi connectivity index (χ2v) is 33.7. The number of hydrogen-bond donors (Lipinski definition) is 23. The van der Waals surface area contributed by atoms with Crippen molar-refractivity contribution in [3.8, 4) is 57.1 Å². The van der Waals surface area contributed by atoms with E-state index in [1.807, 2.05) is 13.8 Å². The number of nitrogens with one attached hydrogen (secondary N) is 10. The number of phenols is 3. The molecule has 2 unspecified atom stereocenters. The Morgan fingerprint density at radius 2 is 1.31 bits per heavy atom. The molecule has 38 nitrogen and oxygen atoms in total. The van der Waals surface area contributed by atoms with Crippen LogP contribution in [0.1, 0.15) is 169 Å². The number of amides is 7.